The molecule has 0 saturated carbocycles. The van der Waals surface area contributed by atoms with Crippen LogP contribution in [-0.2, 0) is 27.1 Å². The summed E-state index contributed by atoms with van der Waals surface area (Å²) in [5, 5.41) is 0. The first-order chi connectivity index (χ1) is 6.83. The van der Waals surface area contributed by atoms with Crippen molar-refractivity contribution in [2.75, 3.05) is 0 Å². The van der Waals surface area contributed by atoms with Gasteiger partial charge >= 0.3 is 0 Å². The third-order valence-corrected chi connectivity index (χ3v) is 2.82. The average molecular weight is 307 g/mol. The van der Waals surface area contributed by atoms with E-state index < -0.39 is 0 Å². The molecule has 0 fully saturated rings. The van der Waals surface area contributed by atoms with Gasteiger partial charge in [-0.15, -0.1) is 0 Å². The van der Waals surface area contributed by atoms with E-state index in [0.717, 1.165) is 0 Å². The van der Waals surface area contributed by atoms with E-state index >= 15 is 0 Å². The first-order valence-electron chi connectivity index (χ1n) is 6.53. The van der Waals surface area contributed by atoms with E-state index in [0.29, 0.717) is 0 Å². The quantitative estimate of drug-likeness (QED) is 0.577. The zero-order chi connectivity index (χ0) is 11.9. The minimum atomic E-state index is 0. The van der Waals surface area contributed by atoms with Crippen LogP contribution in [0.4, 0.5) is 0 Å². The summed E-state index contributed by atoms with van der Waals surface area (Å²) in [5.41, 5.74) is 0.0699. The Labute approximate surface area is 118 Å². The summed E-state index contributed by atoms with van der Waals surface area (Å²) in [4.78, 5) is 0. The molecule has 0 atom stereocenters. The fourth-order valence-corrected chi connectivity index (χ4v) is 2.06. The zero-order valence-electron chi connectivity index (χ0n) is 12.1. The van der Waals surface area contributed by atoms with Crippen LogP contribution >= 0.6 is 0 Å². The second-order valence-corrected chi connectivity index (χ2v) is 5.83. The smallest absolute Gasteiger partial charge is 0.0633 e. The molecule has 2 heteroatoms. The van der Waals surface area contributed by atoms with Crippen molar-refractivity contribution in [2.45, 2.75) is 91.3 Å². The van der Waals surface area contributed by atoms with E-state index in [9.17, 15) is 0 Å². The molecule has 0 rings (SSSR count). The number of rotatable bonds is 8. The van der Waals surface area contributed by atoms with E-state index in [4.69, 9.17) is 4.74 Å². The Kier molecular flexibility index (Phi) is 10.4. The van der Waals surface area contributed by atoms with Gasteiger partial charge in [0.1, 0.15) is 0 Å². The van der Waals surface area contributed by atoms with Crippen LogP contribution in [0.5, 0.6) is 0 Å². The van der Waals surface area contributed by atoms with Crippen LogP contribution in [0.15, 0.2) is 0 Å². The van der Waals surface area contributed by atoms with Gasteiger partial charge in [0.05, 0.1) is 11.2 Å². The molecule has 0 aromatic rings. The Morgan fingerprint density at radius 2 is 1.06 bits per heavy atom. The van der Waals surface area contributed by atoms with Crippen molar-refractivity contribution in [3.63, 3.8) is 0 Å². The second kappa shape index (κ2) is 8.74. The Hall–Kier alpha value is 0.700. The molecule has 16 heavy (non-hydrogen) atoms. The summed E-state index contributed by atoms with van der Waals surface area (Å²) in [6.45, 7) is 13.3. The molecule has 1 radical (unpaired) electrons. The normalized spacial score (nSPS) is 12.4. The monoisotopic (exact) mass is 307 g/mol. The molecule has 0 spiro atoms. The molecule has 0 bridgehead atoms. The maximum atomic E-state index is 6.23. The van der Waals surface area contributed by atoms with Gasteiger partial charge in [-0.25, -0.2) is 0 Å². The fraction of sp³-hybridized carbons (Fsp3) is 1.00. The molecule has 0 heterocycles. The summed E-state index contributed by atoms with van der Waals surface area (Å²) >= 11 is 0. The van der Waals surface area contributed by atoms with Crippen molar-refractivity contribution >= 4 is 0 Å². The first kappa shape index (κ1) is 19.0. The van der Waals surface area contributed by atoms with Crippen molar-refractivity contribution in [2.24, 2.45) is 0 Å². The van der Waals surface area contributed by atoms with Gasteiger partial charge < -0.3 is 4.74 Å². The van der Waals surface area contributed by atoms with Gasteiger partial charge in [0.2, 0.25) is 0 Å². The third kappa shape index (κ3) is 9.89. The van der Waals surface area contributed by atoms with Gasteiger partial charge in [-0.2, -0.15) is 0 Å². The Bertz CT molecular complexity index is 146. The Balaban J connectivity index is 0. The van der Waals surface area contributed by atoms with Gasteiger partial charge in [0.15, 0.2) is 0 Å². The topological polar surface area (TPSA) is 9.23 Å². The van der Waals surface area contributed by atoms with E-state index in [1.165, 1.54) is 38.5 Å². The average Bonchev–Trinajstić information content (AvgIpc) is 2.10. The van der Waals surface area contributed by atoms with Gasteiger partial charge in [0, 0.05) is 22.4 Å². The molecular formula is C14H30NbO. The number of hydrogen-bond acceptors (Lipinski definition) is 1. The van der Waals surface area contributed by atoms with E-state index in [1.54, 1.807) is 0 Å². The van der Waals surface area contributed by atoms with Crippen LogP contribution in [0.3, 0.4) is 0 Å². The van der Waals surface area contributed by atoms with Crippen LogP contribution in [-0.4, -0.2) is 11.2 Å². The van der Waals surface area contributed by atoms with Crippen molar-refractivity contribution in [3.8, 4) is 0 Å². The van der Waals surface area contributed by atoms with Crippen molar-refractivity contribution in [1.29, 1.82) is 0 Å². The molecule has 0 aromatic carbocycles. The first-order valence-corrected chi connectivity index (χ1v) is 6.53. The predicted octanol–water partition coefficient (Wildman–Crippen LogP) is 4.94. The summed E-state index contributed by atoms with van der Waals surface area (Å²) < 4.78 is 6.23. The van der Waals surface area contributed by atoms with Crippen molar-refractivity contribution in [3.05, 3.63) is 0 Å². The maximum Gasteiger partial charge on any atom is 0.0633 e. The van der Waals surface area contributed by atoms with Gasteiger partial charge in [-0.1, -0.05) is 39.5 Å². The predicted molar refractivity (Wildman–Crippen MR) is 68.3 cm³/mol. The van der Waals surface area contributed by atoms with Gasteiger partial charge in [-0.05, 0) is 40.5 Å². The van der Waals surface area contributed by atoms with Crippen molar-refractivity contribution in [1.82, 2.24) is 0 Å². The summed E-state index contributed by atoms with van der Waals surface area (Å²) in [6, 6.07) is 0. The van der Waals surface area contributed by atoms with Gasteiger partial charge in [0.25, 0.3) is 0 Å². The van der Waals surface area contributed by atoms with Crippen LogP contribution in [0, 0.1) is 0 Å². The molecule has 97 valence electrons. The minimum Gasteiger partial charge on any atom is -0.370 e. The van der Waals surface area contributed by atoms with E-state index in [1.807, 2.05) is 0 Å². The molecule has 0 N–H and O–H groups in total. The standard InChI is InChI=1S/C14H30O.Nb/c1-7-9-11-13(3,4)15-14(5,6)12-10-8-2;/h7-12H2,1-6H3;. The van der Waals surface area contributed by atoms with Crippen LogP contribution in [0.2, 0.25) is 0 Å². The zero-order valence-corrected chi connectivity index (χ0v) is 14.3. The summed E-state index contributed by atoms with van der Waals surface area (Å²) in [6.07, 6.45) is 7.36. The summed E-state index contributed by atoms with van der Waals surface area (Å²) in [7, 11) is 0. The molecular weight excluding hydrogens is 277 g/mol. The van der Waals surface area contributed by atoms with E-state index in [2.05, 4.69) is 41.5 Å². The van der Waals surface area contributed by atoms with E-state index in [-0.39, 0.29) is 33.6 Å². The SMILES string of the molecule is CCCCC(C)(C)OC(C)(C)CCCC.[Nb]. The number of hydrogen-bond donors (Lipinski definition) is 0. The molecule has 0 aliphatic carbocycles. The molecule has 0 aliphatic heterocycles. The Morgan fingerprint density at radius 3 is 1.31 bits per heavy atom. The maximum absolute atomic E-state index is 6.23. The van der Waals surface area contributed by atoms with Crippen LogP contribution in [0.25, 0.3) is 0 Å². The second-order valence-electron chi connectivity index (χ2n) is 5.83. The Morgan fingerprint density at radius 1 is 0.750 bits per heavy atom. The van der Waals surface area contributed by atoms with Crippen LogP contribution < -0.4 is 0 Å². The molecule has 0 saturated heterocycles. The molecule has 0 aromatic heterocycles. The summed E-state index contributed by atoms with van der Waals surface area (Å²) in [5.74, 6) is 0. The molecule has 1 nitrogen and oxygen atoms in total. The number of unbranched alkanes of at least 4 members (excludes halogenated alkanes) is 2. The molecule has 0 aliphatic rings. The van der Waals surface area contributed by atoms with Crippen molar-refractivity contribution < 1.29 is 27.1 Å². The molecule has 0 unspecified atom stereocenters. The largest absolute Gasteiger partial charge is 0.370 e. The van der Waals surface area contributed by atoms with Crippen LogP contribution in [0.1, 0.15) is 80.1 Å². The number of ether oxygens (including phenoxy) is 1. The fourth-order valence-electron chi connectivity index (χ4n) is 2.06. The minimum absolute atomic E-state index is 0. The van der Waals surface area contributed by atoms with Gasteiger partial charge in [-0.3, -0.25) is 0 Å². The third-order valence-electron chi connectivity index (χ3n) is 2.82. The molecule has 0 amide bonds.